The van der Waals surface area contributed by atoms with Crippen LogP contribution >= 0.6 is 0 Å². The molecule has 1 unspecified atom stereocenters. The third-order valence-electron chi connectivity index (χ3n) is 6.64. The first-order valence-corrected chi connectivity index (χ1v) is 11.5. The van der Waals surface area contributed by atoms with Crippen LogP contribution in [0.5, 0.6) is 5.75 Å². The molecule has 0 fully saturated rings. The topological polar surface area (TPSA) is 74.3 Å². The number of ether oxygens (including phenoxy) is 1. The Balaban J connectivity index is 1.72. The number of aryl methyl sites for hydroxylation is 3. The van der Waals surface area contributed by atoms with Gasteiger partial charge in [-0.2, -0.15) is 4.98 Å². The maximum absolute atomic E-state index is 13.7. The van der Waals surface area contributed by atoms with Crippen LogP contribution in [0.15, 0.2) is 52.1 Å². The van der Waals surface area contributed by atoms with Crippen molar-refractivity contribution in [2.45, 2.75) is 33.9 Å². The minimum Gasteiger partial charge on any atom is -0.497 e. The minimum absolute atomic E-state index is 0.227. The third kappa shape index (κ3) is 3.50. The SMILES string of the molecule is COc1cccc(N2CC(C)Cn3c2nc2c3c(=O)n(Cc3cc(C)ccc3C)c(=O)n2C)c1. The van der Waals surface area contributed by atoms with Crippen molar-refractivity contribution >= 4 is 22.8 Å². The average Bonchev–Trinajstić information content (AvgIpc) is 3.21. The summed E-state index contributed by atoms with van der Waals surface area (Å²) in [5.74, 6) is 1.69. The van der Waals surface area contributed by atoms with Crippen molar-refractivity contribution in [2.24, 2.45) is 13.0 Å². The van der Waals surface area contributed by atoms with Gasteiger partial charge in [0.15, 0.2) is 11.2 Å². The Morgan fingerprint density at radius 3 is 2.65 bits per heavy atom. The van der Waals surface area contributed by atoms with E-state index < -0.39 is 0 Å². The molecule has 3 heterocycles. The minimum atomic E-state index is -0.366. The highest BCUT2D eigenvalue weighted by Gasteiger charge is 2.30. The van der Waals surface area contributed by atoms with Gasteiger partial charge in [0.2, 0.25) is 5.95 Å². The van der Waals surface area contributed by atoms with Gasteiger partial charge in [-0.3, -0.25) is 13.9 Å². The van der Waals surface area contributed by atoms with Gasteiger partial charge >= 0.3 is 5.69 Å². The molecule has 1 atom stereocenters. The van der Waals surface area contributed by atoms with Gasteiger partial charge in [0, 0.05) is 31.9 Å². The number of methoxy groups -OCH3 is 1. The Kier molecular flexibility index (Phi) is 5.31. The number of anilines is 2. The number of fused-ring (bicyclic) bond motifs is 3. The van der Waals surface area contributed by atoms with Gasteiger partial charge in [-0.15, -0.1) is 0 Å². The zero-order chi connectivity index (χ0) is 24.1. The van der Waals surface area contributed by atoms with Crippen LogP contribution in [-0.4, -0.2) is 32.3 Å². The normalized spacial score (nSPS) is 15.6. The fourth-order valence-corrected chi connectivity index (χ4v) is 4.78. The molecule has 8 heteroatoms. The fraction of sp³-hybridized carbons (Fsp3) is 0.346. The molecule has 0 spiro atoms. The lowest BCUT2D eigenvalue weighted by molar-refractivity contribution is 0.414. The number of nitrogens with zero attached hydrogens (tertiary/aromatic N) is 5. The summed E-state index contributed by atoms with van der Waals surface area (Å²) in [6.45, 7) is 7.79. The highest BCUT2D eigenvalue weighted by molar-refractivity contribution is 5.77. The van der Waals surface area contributed by atoms with Gasteiger partial charge in [-0.25, -0.2) is 4.79 Å². The molecule has 2 aromatic carbocycles. The van der Waals surface area contributed by atoms with E-state index in [2.05, 4.69) is 11.8 Å². The zero-order valence-electron chi connectivity index (χ0n) is 20.2. The lowest BCUT2D eigenvalue weighted by Crippen LogP contribution is -2.40. The molecule has 176 valence electrons. The predicted molar refractivity (Wildman–Crippen MR) is 133 cm³/mol. The summed E-state index contributed by atoms with van der Waals surface area (Å²) in [4.78, 5) is 33.9. The molecule has 0 radical (unpaired) electrons. The Hall–Kier alpha value is -3.81. The standard InChI is InChI=1S/C26H29N5O3/c1-16-9-10-18(3)19(11-16)15-31-24(32)22-23(28(4)26(31)33)27-25-29(13-17(2)14-30(22)25)20-7-6-8-21(12-20)34-5/h6-12,17H,13-15H2,1-5H3. The van der Waals surface area contributed by atoms with Crippen LogP contribution in [0.1, 0.15) is 23.6 Å². The summed E-state index contributed by atoms with van der Waals surface area (Å²) in [6, 6.07) is 13.9. The van der Waals surface area contributed by atoms with Crippen LogP contribution in [0.2, 0.25) is 0 Å². The van der Waals surface area contributed by atoms with Crippen LogP contribution in [-0.2, 0) is 20.1 Å². The summed E-state index contributed by atoms with van der Waals surface area (Å²) >= 11 is 0. The van der Waals surface area contributed by atoms with E-state index in [0.29, 0.717) is 23.7 Å². The second kappa shape index (κ2) is 8.20. The largest absolute Gasteiger partial charge is 0.497 e. The highest BCUT2D eigenvalue weighted by Crippen LogP contribution is 2.34. The first-order valence-electron chi connectivity index (χ1n) is 11.5. The van der Waals surface area contributed by atoms with Crippen molar-refractivity contribution in [3.8, 4) is 5.75 Å². The van der Waals surface area contributed by atoms with E-state index in [1.165, 1.54) is 9.13 Å². The van der Waals surface area contributed by atoms with Crippen molar-refractivity contribution < 1.29 is 4.74 Å². The predicted octanol–water partition coefficient (Wildman–Crippen LogP) is 3.36. The van der Waals surface area contributed by atoms with Crippen LogP contribution < -0.4 is 20.9 Å². The van der Waals surface area contributed by atoms with Crippen molar-refractivity contribution in [1.29, 1.82) is 0 Å². The molecule has 0 saturated heterocycles. The first kappa shape index (κ1) is 22.0. The highest BCUT2D eigenvalue weighted by atomic mass is 16.5. The van der Waals surface area contributed by atoms with E-state index in [0.717, 1.165) is 34.7 Å². The smallest absolute Gasteiger partial charge is 0.332 e. The van der Waals surface area contributed by atoms with Gasteiger partial charge in [-0.1, -0.05) is 36.8 Å². The fourth-order valence-electron chi connectivity index (χ4n) is 4.78. The number of benzene rings is 2. The van der Waals surface area contributed by atoms with Gasteiger partial charge < -0.3 is 14.2 Å². The zero-order valence-corrected chi connectivity index (χ0v) is 20.2. The molecule has 1 aliphatic rings. The van der Waals surface area contributed by atoms with E-state index in [9.17, 15) is 9.59 Å². The van der Waals surface area contributed by atoms with Gasteiger partial charge in [0.1, 0.15) is 5.75 Å². The Morgan fingerprint density at radius 2 is 1.88 bits per heavy atom. The quantitative estimate of drug-likeness (QED) is 0.468. The third-order valence-corrected chi connectivity index (χ3v) is 6.64. The van der Waals surface area contributed by atoms with E-state index in [-0.39, 0.29) is 23.7 Å². The van der Waals surface area contributed by atoms with Crippen LogP contribution in [0.25, 0.3) is 11.2 Å². The summed E-state index contributed by atoms with van der Waals surface area (Å²) < 4.78 is 10.2. The van der Waals surface area contributed by atoms with E-state index in [1.54, 1.807) is 14.2 Å². The molecular weight excluding hydrogens is 430 g/mol. The molecule has 0 aliphatic carbocycles. The maximum Gasteiger partial charge on any atom is 0.332 e. The van der Waals surface area contributed by atoms with Gasteiger partial charge in [0.25, 0.3) is 5.56 Å². The van der Waals surface area contributed by atoms with E-state index >= 15 is 0 Å². The first-order chi connectivity index (χ1) is 16.3. The van der Waals surface area contributed by atoms with Crippen LogP contribution in [0, 0.1) is 19.8 Å². The summed E-state index contributed by atoms with van der Waals surface area (Å²) in [5, 5.41) is 0. The second-order valence-corrected chi connectivity index (χ2v) is 9.27. The monoisotopic (exact) mass is 459 g/mol. The number of imidazole rings is 1. The van der Waals surface area contributed by atoms with Crippen molar-refractivity contribution in [2.75, 3.05) is 18.6 Å². The number of hydrogen-bond donors (Lipinski definition) is 0. The van der Waals surface area contributed by atoms with Crippen LogP contribution in [0.4, 0.5) is 11.6 Å². The Morgan fingerprint density at radius 1 is 1.09 bits per heavy atom. The molecule has 2 aromatic heterocycles. The number of hydrogen-bond acceptors (Lipinski definition) is 5. The van der Waals surface area contributed by atoms with E-state index in [1.807, 2.05) is 60.9 Å². The van der Waals surface area contributed by atoms with Gasteiger partial charge in [-0.05, 0) is 43.0 Å². The lowest BCUT2D eigenvalue weighted by Gasteiger charge is -2.33. The molecule has 8 nitrogen and oxygen atoms in total. The molecule has 0 N–H and O–H groups in total. The molecule has 5 rings (SSSR count). The second-order valence-electron chi connectivity index (χ2n) is 9.27. The Labute approximate surface area is 197 Å². The van der Waals surface area contributed by atoms with Crippen molar-refractivity contribution in [1.82, 2.24) is 18.7 Å². The van der Waals surface area contributed by atoms with Crippen LogP contribution in [0.3, 0.4) is 0 Å². The lowest BCUT2D eigenvalue weighted by atomic mass is 10.1. The van der Waals surface area contributed by atoms with Crippen molar-refractivity contribution in [3.05, 3.63) is 80.0 Å². The Bertz CT molecular complexity index is 1530. The van der Waals surface area contributed by atoms with E-state index in [4.69, 9.17) is 9.72 Å². The molecule has 0 bridgehead atoms. The summed E-state index contributed by atoms with van der Waals surface area (Å²) in [5.41, 5.74) is 4.23. The van der Waals surface area contributed by atoms with Crippen molar-refractivity contribution in [3.63, 3.8) is 0 Å². The summed E-state index contributed by atoms with van der Waals surface area (Å²) in [7, 11) is 3.32. The molecule has 1 aliphatic heterocycles. The molecule has 0 saturated carbocycles. The summed E-state index contributed by atoms with van der Waals surface area (Å²) in [6.07, 6.45) is 0. The molecule has 4 aromatic rings. The molecule has 0 amide bonds. The molecular formula is C26H29N5O3. The maximum atomic E-state index is 13.7. The number of rotatable bonds is 4. The molecule has 34 heavy (non-hydrogen) atoms. The van der Waals surface area contributed by atoms with Gasteiger partial charge in [0.05, 0.1) is 13.7 Å². The average molecular weight is 460 g/mol. The number of aromatic nitrogens is 4.